The van der Waals surface area contributed by atoms with Crippen molar-refractivity contribution in [2.75, 3.05) is 19.7 Å². The summed E-state index contributed by atoms with van der Waals surface area (Å²) >= 11 is 5.69. The Bertz CT molecular complexity index is 461. The molecule has 0 saturated carbocycles. The molecule has 20 heavy (non-hydrogen) atoms. The van der Waals surface area contributed by atoms with Crippen LogP contribution in [0.15, 0.2) is 18.2 Å². The molecule has 0 unspecified atom stereocenters. The molecule has 1 heterocycles. The third kappa shape index (κ3) is 4.85. The van der Waals surface area contributed by atoms with Gasteiger partial charge in [0, 0.05) is 12.8 Å². The van der Waals surface area contributed by atoms with Crippen molar-refractivity contribution in [3.05, 3.63) is 34.6 Å². The lowest BCUT2D eigenvalue weighted by Crippen LogP contribution is -2.32. The van der Waals surface area contributed by atoms with Crippen LogP contribution in [-0.4, -0.2) is 31.6 Å². The van der Waals surface area contributed by atoms with E-state index in [0.29, 0.717) is 13.0 Å². The third-order valence-electron chi connectivity index (χ3n) is 3.41. The van der Waals surface area contributed by atoms with Crippen LogP contribution < -0.4 is 5.32 Å². The van der Waals surface area contributed by atoms with Gasteiger partial charge in [0.25, 0.3) is 0 Å². The number of ketones is 1. The van der Waals surface area contributed by atoms with Gasteiger partial charge in [0.2, 0.25) is 0 Å². The molecule has 2 rings (SSSR count). The van der Waals surface area contributed by atoms with E-state index in [9.17, 15) is 9.18 Å². The van der Waals surface area contributed by atoms with Crippen LogP contribution in [0.2, 0.25) is 5.02 Å². The molecule has 0 radical (unpaired) electrons. The second-order valence-corrected chi connectivity index (χ2v) is 5.44. The molecule has 5 heteroatoms. The van der Waals surface area contributed by atoms with Crippen molar-refractivity contribution in [3.8, 4) is 0 Å². The van der Waals surface area contributed by atoms with Gasteiger partial charge in [-0.2, -0.15) is 0 Å². The lowest BCUT2D eigenvalue weighted by molar-refractivity contribution is -0.120. The van der Waals surface area contributed by atoms with E-state index in [2.05, 4.69) is 5.32 Å². The van der Waals surface area contributed by atoms with Gasteiger partial charge in [-0.25, -0.2) is 4.39 Å². The first-order chi connectivity index (χ1) is 9.65. The van der Waals surface area contributed by atoms with E-state index in [1.807, 2.05) is 0 Å². The molecule has 0 spiro atoms. The Morgan fingerprint density at radius 1 is 1.40 bits per heavy atom. The minimum atomic E-state index is -0.461. The summed E-state index contributed by atoms with van der Waals surface area (Å²) in [5.41, 5.74) is 0.739. The molecule has 1 aliphatic heterocycles. The molecule has 3 nitrogen and oxygen atoms in total. The zero-order valence-corrected chi connectivity index (χ0v) is 12.1. The number of halogens is 2. The van der Waals surface area contributed by atoms with Gasteiger partial charge in [0.15, 0.2) is 0 Å². The first kappa shape index (κ1) is 15.4. The lowest BCUT2D eigenvalue weighted by Gasteiger charge is -2.22. The van der Waals surface area contributed by atoms with Crippen molar-refractivity contribution in [2.24, 2.45) is 0 Å². The van der Waals surface area contributed by atoms with Gasteiger partial charge in [0.1, 0.15) is 11.6 Å². The van der Waals surface area contributed by atoms with Crippen molar-refractivity contribution >= 4 is 17.4 Å². The molecule has 0 atom stereocenters. The largest absolute Gasteiger partial charge is 0.378 e. The zero-order chi connectivity index (χ0) is 14.4. The first-order valence-corrected chi connectivity index (χ1v) is 7.31. The number of hydrogen-bond acceptors (Lipinski definition) is 3. The Morgan fingerprint density at radius 3 is 2.85 bits per heavy atom. The van der Waals surface area contributed by atoms with E-state index < -0.39 is 5.82 Å². The fraction of sp³-hybridized carbons (Fsp3) is 0.533. The van der Waals surface area contributed by atoms with Crippen LogP contribution >= 0.6 is 11.6 Å². The van der Waals surface area contributed by atoms with E-state index in [1.54, 1.807) is 6.07 Å². The summed E-state index contributed by atoms with van der Waals surface area (Å²) in [7, 11) is 0. The van der Waals surface area contributed by atoms with Crippen LogP contribution in [0.1, 0.15) is 24.8 Å². The predicted molar refractivity (Wildman–Crippen MR) is 76.6 cm³/mol. The smallest absolute Gasteiger partial charge is 0.141 e. The second-order valence-electron chi connectivity index (χ2n) is 5.03. The molecule has 1 fully saturated rings. The van der Waals surface area contributed by atoms with Crippen molar-refractivity contribution in [1.82, 2.24) is 5.32 Å². The number of ether oxygens (including phenoxy) is 1. The van der Waals surface area contributed by atoms with Gasteiger partial charge in [-0.05, 0) is 43.6 Å². The van der Waals surface area contributed by atoms with E-state index in [4.69, 9.17) is 16.3 Å². The molecule has 110 valence electrons. The molecule has 0 aliphatic carbocycles. The van der Waals surface area contributed by atoms with Gasteiger partial charge in [-0.15, -0.1) is 0 Å². The van der Waals surface area contributed by atoms with Crippen molar-refractivity contribution < 1.29 is 13.9 Å². The van der Waals surface area contributed by atoms with Crippen LogP contribution in [0.5, 0.6) is 0 Å². The molecular formula is C15H19ClFNO2. The number of Topliss-reactive ketones (excluding diaryl/α,β-unsaturated/α-hetero) is 1. The quantitative estimate of drug-likeness (QED) is 0.878. The molecule has 1 N–H and O–H groups in total. The fourth-order valence-corrected chi connectivity index (χ4v) is 2.47. The number of benzene rings is 1. The van der Waals surface area contributed by atoms with Gasteiger partial charge in [-0.3, -0.25) is 4.79 Å². The normalized spacial score (nSPS) is 16.3. The number of piperidine rings is 1. The first-order valence-electron chi connectivity index (χ1n) is 6.93. The van der Waals surface area contributed by atoms with Crippen molar-refractivity contribution in [3.63, 3.8) is 0 Å². The summed E-state index contributed by atoms with van der Waals surface area (Å²) in [6.45, 7) is 2.41. The van der Waals surface area contributed by atoms with Crippen LogP contribution in [0.4, 0.5) is 4.39 Å². The van der Waals surface area contributed by atoms with Crippen LogP contribution in [0, 0.1) is 5.82 Å². The van der Waals surface area contributed by atoms with Gasteiger partial charge in [-0.1, -0.05) is 17.7 Å². The molecule has 1 aromatic rings. The maximum absolute atomic E-state index is 13.0. The Kier molecular flexibility index (Phi) is 5.95. The zero-order valence-electron chi connectivity index (χ0n) is 11.3. The van der Waals surface area contributed by atoms with Gasteiger partial charge < -0.3 is 10.1 Å². The molecule has 1 aliphatic rings. The Morgan fingerprint density at radius 2 is 2.15 bits per heavy atom. The summed E-state index contributed by atoms with van der Waals surface area (Å²) in [4.78, 5) is 11.8. The third-order valence-corrected chi connectivity index (χ3v) is 3.70. The number of hydrogen-bond donors (Lipinski definition) is 1. The lowest BCUT2D eigenvalue weighted by atomic mass is 10.1. The van der Waals surface area contributed by atoms with Crippen LogP contribution in [-0.2, 0) is 16.0 Å². The standard InChI is InChI=1S/C15H19ClFNO2/c16-14-10-11(1-2-15(14)17)9-12(19)5-8-20-13-3-6-18-7-4-13/h1-2,10,13,18H,3-9H2. The highest BCUT2D eigenvalue weighted by Gasteiger charge is 2.14. The minimum Gasteiger partial charge on any atom is -0.378 e. The Balaban J connectivity index is 1.70. The van der Waals surface area contributed by atoms with E-state index in [1.165, 1.54) is 12.1 Å². The SMILES string of the molecule is O=C(CCOC1CCNCC1)Cc1ccc(F)c(Cl)c1. The molecule has 0 aromatic heterocycles. The molecule has 1 aromatic carbocycles. The summed E-state index contributed by atoms with van der Waals surface area (Å²) in [6, 6.07) is 4.38. The highest BCUT2D eigenvalue weighted by Crippen LogP contribution is 2.17. The maximum atomic E-state index is 13.0. The van der Waals surface area contributed by atoms with E-state index in [-0.39, 0.29) is 23.3 Å². The average Bonchev–Trinajstić information content (AvgIpc) is 2.44. The summed E-state index contributed by atoms with van der Waals surface area (Å²) < 4.78 is 18.7. The number of nitrogens with one attached hydrogen (secondary N) is 1. The van der Waals surface area contributed by atoms with Crippen LogP contribution in [0.25, 0.3) is 0 Å². The highest BCUT2D eigenvalue weighted by molar-refractivity contribution is 6.30. The summed E-state index contributed by atoms with van der Waals surface area (Å²) in [6.07, 6.45) is 2.93. The summed E-state index contributed by atoms with van der Waals surface area (Å²) in [5, 5.41) is 3.32. The Labute approximate surface area is 123 Å². The van der Waals surface area contributed by atoms with E-state index in [0.717, 1.165) is 31.5 Å². The van der Waals surface area contributed by atoms with E-state index >= 15 is 0 Å². The second kappa shape index (κ2) is 7.72. The Hall–Kier alpha value is -0.970. The maximum Gasteiger partial charge on any atom is 0.141 e. The fourth-order valence-electron chi connectivity index (χ4n) is 2.27. The molecule has 0 bridgehead atoms. The van der Waals surface area contributed by atoms with Crippen molar-refractivity contribution in [1.29, 1.82) is 0 Å². The predicted octanol–water partition coefficient (Wildman–Crippen LogP) is 2.75. The number of carbonyl (C=O) groups is 1. The summed E-state index contributed by atoms with van der Waals surface area (Å²) in [5.74, 6) is -0.376. The number of rotatable bonds is 6. The number of carbonyl (C=O) groups excluding carboxylic acids is 1. The monoisotopic (exact) mass is 299 g/mol. The van der Waals surface area contributed by atoms with Crippen LogP contribution in [0.3, 0.4) is 0 Å². The minimum absolute atomic E-state index is 0.0567. The average molecular weight is 300 g/mol. The molecule has 0 amide bonds. The highest BCUT2D eigenvalue weighted by atomic mass is 35.5. The molecular weight excluding hydrogens is 281 g/mol. The van der Waals surface area contributed by atoms with Crippen molar-refractivity contribution in [2.45, 2.75) is 31.8 Å². The topological polar surface area (TPSA) is 38.3 Å². The van der Waals surface area contributed by atoms with Gasteiger partial charge in [0.05, 0.1) is 17.7 Å². The molecule has 1 saturated heterocycles. The van der Waals surface area contributed by atoms with Gasteiger partial charge >= 0.3 is 0 Å².